The molecule has 3 rings (SSSR count). The summed E-state index contributed by atoms with van der Waals surface area (Å²) in [4.78, 5) is 13.2. The van der Waals surface area contributed by atoms with Crippen LogP contribution in [0.1, 0.15) is 19.4 Å². The second-order valence-corrected chi connectivity index (χ2v) is 6.63. The molecular weight excluding hydrogens is 367 g/mol. The average molecular weight is 392 g/mol. The molecule has 0 fully saturated rings. The third-order valence-electron chi connectivity index (χ3n) is 4.87. The number of likely N-dealkylation sites (N-methyl/N-ethyl adjacent to an activating group) is 1. The predicted octanol–water partition coefficient (Wildman–Crippen LogP) is 3.65. The van der Waals surface area contributed by atoms with Crippen LogP contribution < -0.4 is 10.2 Å². The monoisotopic (exact) mass is 392 g/mol. The Morgan fingerprint density at radius 1 is 1.17 bits per heavy atom. The molecule has 1 N–H and O–H groups in total. The first-order valence-electron chi connectivity index (χ1n) is 9.76. The predicted molar refractivity (Wildman–Crippen MR) is 114 cm³/mol. The Labute approximate surface area is 171 Å². The molecule has 6 nitrogen and oxygen atoms in total. The molecule has 0 aliphatic carbocycles. The summed E-state index contributed by atoms with van der Waals surface area (Å²) in [5.41, 5.74) is 2.65. The molecule has 0 spiro atoms. The number of aromatic nitrogens is 1. The van der Waals surface area contributed by atoms with Gasteiger partial charge in [-0.3, -0.25) is 4.99 Å². The van der Waals surface area contributed by atoms with Crippen LogP contribution in [-0.4, -0.2) is 48.4 Å². The van der Waals surface area contributed by atoms with E-state index in [9.17, 15) is 9.65 Å². The Balaban J connectivity index is 1.66. The molecule has 0 atom stereocenters. The lowest BCUT2D eigenvalue weighted by Gasteiger charge is -2.23. The maximum Gasteiger partial charge on any atom is 0.125 e. The number of pyridine rings is 1. The van der Waals surface area contributed by atoms with Gasteiger partial charge in [0.2, 0.25) is 0 Å². The molecule has 0 unspecified atom stereocenters. The number of nitriles is 1. The van der Waals surface area contributed by atoms with Crippen molar-refractivity contribution < 1.29 is 4.39 Å². The first kappa shape index (κ1) is 20.5. The zero-order chi connectivity index (χ0) is 20.6. The van der Waals surface area contributed by atoms with E-state index in [0.717, 1.165) is 43.2 Å². The summed E-state index contributed by atoms with van der Waals surface area (Å²) in [5, 5.41) is 12.9. The van der Waals surface area contributed by atoms with Crippen LogP contribution in [0.3, 0.4) is 0 Å². The minimum Gasteiger partial charge on any atom is -0.369 e. The van der Waals surface area contributed by atoms with Crippen molar-refractivity contribution in [2.45, 2.75) is 13.8 Å². The number of halogens is 1. The fourth-order valence-corrected chi connectivity index (χ4v) is 3.13. The number of benzene rings is 1. The van der Waals surface area contributed by atoms with Gasteiger partial charge in [0.05, 0.1) is 11.3 Å². The lowest BCUT2D eigenvalue weighted by atomic mass is 10.0. The number of nitrogens with one attached hydrogen (secondary N) is 1. The third kappa shape index (κ3) is 5.18. The van der Waals surface area contributed by atoms with Crippen molar-refractivity contribution in [3.63, 3.8) is 0 Å². The molecule has 0 radical (unpaired) electrons. The van der Waals surface area contributed by atoms with Crippen LogP contribution in [0.5, 0.6) is 0 Å². The van der Waals surface area contributed by atoms with Gasteiger partial charge in [-0.05, 0) is 49.5 Å². The Kier molecular flexibility index (Phi) is 6.93. The summed E-state index contributed by atoms with van der Waals surface area (Å²) in [6.45, 7) is 8.51. The van der Waals surface area contributed by atoms with Crippen molar-refractivity contribution in [1.82, 2.24) is 9.88 Å². The normalized spacial score (nSPS) is 13.7. The fraction of sp³-hybridized carbons (Fsp3) is 0.318. The molecule has 2 aromatic rings. The lowest BCUT2D eigenvalue weighted by molar-refractivity contribution is 0.316. The van der Waals surface area contributed by atoms with Crippen LogP contribution in [0.15, 0.2) is 59.4 Å². The standard InChI is InChI=1S/C22H25FN6/c1-3-28(4-2)12-11-25-21-10-5-17(14-26-21)22-18(13-24)15-29(16-27-22)20-8-6-19(23)7-9-20/h5-10,14-15H,3-4,11-12,16H2,1-2H3,(H,25,26). The van der Waals surface area contributed by atoms with Gasteiger partial charge in [0.25, 0.3) is 0 Å². The van der Waals surface area contributed by atoms with Crippen LogP contribution in [0.25, 0.3) is 0 Å². The average Bonchev–Trinajstić information content (AvgIpc) is 2.77. The molecule has 29 heavy (non-hydrogen) atoms. The smallest absolute Gasteiger partial charge is 0.125 e. The van der Waals surface area contributed by atoms with E-state index in [-0.39, 0.29) is 5.82 Å². The van der Waals surface area contributed by atoms with Crippen molar-refractivity contribution in [2.75, 3.05) is 43.1 Å². The number of aliphatic imine (C=N–C) groups is 1. The van der Waals surface area contributed by atoms with Crippen molar-refractivity contribution in [3.05, 3.63) is 65.7 Å². The Morgan fingerprint density at radius 2 is 1.93 bits per heavy atom. The van der Waals surface area contributed by atoms with Gasteiger partial charge in [0, 0.05) is 36.7 Å². The molecule has 1 aromatic carbocycles. The van der Waals surface area contributed by atoms with Gasteiger partial charge in [-0.15, -0.1) is 0 Å². The van der Waals surface area contributed by atoms with Gasteiger partial charge >= 0.3 is 0 Å². The number of hydrogen-bond donors (Lipinski definition) is 1. The summed E-state index contributed by atoms with van der Waals surface area (Å²) < 4.78 is 13.1. The summed E-state index contributed by atoms with van der Waals surface area (Å²) in [6, 6.07) is 12.2. The molecule has 7 heteroatoms. The van der Waals surface area contributed by atoms with Crippen molar-refractivity contribution >= 4 is 17.2 Å². The highest BCUT2D eigenvalue weighted by Crippen LogP contribution is 2.22. The van der Waals surface area contributed by atoms with Crippen LogP contribution in [0.2, 0.25) is 0 Å². The molecular formula is C22H25FN6. The molecule has 1 aliphatic rings. The zero-order valence-corrected chi connectivity index (χ0v) is 16.8. The molecule has 150 valence electrons. The van der Waals surface area contributed by atoms with E-state index < -0.39 is 0 Å². The Bertz CT molecular complexity index is 908. The quantitative estimate of drug-likeness (QED) is 0.743. The maximum absolute atomic E-state index is 13.1. The van der Waals surface area contributed by atoms with Crippen molar-refractivity contribution in [2.24, 2.45) is 4.99 Å². The van der Waals surface area contributed by atoms with Crippen LogP contribution in [0, 0.1) is 17.1 Å². The highest BCUT2D eigenvalue weighted by molar-refractivity contribution is 6.15. The molecule has 0 saturated carbocycles. The summed E-state index contributed by atoms with van der Waals surface area (Å²) in [6.07, 6.45) is 3.48. The number of hydrogen-bond acceptors (Lipinski definition) is 6. The molecule has 0 saturated heterocycles. The van der Waals surface area contributed by atoms with Gasteiger partial charge in [-0.1, -0.05) is 13.8 Å². The second kappa shape index (κ2) is 9.80. The first-order valence-corrected chi connectivity index (χ1v) is 9.76. The highest BCUT2D eigenvalue weighted by atomic mass is 19.1. The van der Waals surface area contributed by atoms with E-state index >= 15 is 0 Å². The third-order valence-corrected chi connectivity index (χ3v) is 4.87. The highest BCUT2D eigenvalue weighted by Gasteiger charge is 2.18. The number of nitrogens with zero attached hydrogens (tertiary/aromatic N) is 5. The summed E-state index contributed by atoms with van der Waals surface area (Å²) in [5.74, 6) is 0.504. The number of allylic oxidation sites excluding steroid dienone is 1. The lowest BCUT2D eigenvalue weighted by Crippen LogP contribution is -2.28. The van der Waals surface area contributed by atoms with E-state index in [1.165, 1.54) is 12.1 Å². The molecule has 2 heterocycles. The SMILES string of the molecule is CCN(CC)CCNc1ccc(C2=NCN(c3ccc(F)cc3)C=C2C#N)cn1. The van der Waals surface area contributed by atoms with Crippen LogP contribution in [0.4, 0.5) is 15.9 Å². The van der Waals surface area contributed by atoms with E-state index in [2.05, 4.69) is 40.1 Å². The zero-order valence-electron chi connectivity index (χ0n) is 16.8. The molecule has 1 aliphatic heterocycles. The molecule has 1 aromatic heterocycles. The van der Waals surface area contributed by atoms with Crippen LogP contribution in [-0.2, 0) is 0 Å². The van der Waals surface area contributed by atoms with Gasteiger partial charge in [-0.2, -0.15) is 5.26 Å². The van der Waals surface area contributed by atoms with Crippen molar-refractivity contribution in [3.8, 4) is 6.07 Å². The Morgan fingerprint density at radius 3 is 2.55 bits per heavy atom. The van der Waals surface area contributed by atoms with Gasteiger partial charge < -0.3 is 15.1 Å². The van der Waals surface area contributed by atoms with Gasteiger partial charge in [0.1, 0.15) is 24.4 Å². The van der Waals surface area contributed by atoms with Crippen LogP contribution >= 0.6 is 0 Å². The second-order valence-electron chi connectivity index (χ2n) is 6.63. The topological polar surface area (TPSA) is 67.5 Å². The Hall–Kier alpha value is -3.24. The van der Waals surface area contributed by atoms with E-state index in [0.29, 0.717) is 18.0 Å². The van der Waals surface area contributed by atoms with E-state index in [1.54, 1.807) is 24.5 Å². The number of anilines is 2. The number of rotatable bonds is 8. The fourth-order valence-electron chi connectivity index (χ4n) is 3.13. The van der Waals surface area contributed by atoms with Crippen molar-refractivity contribution in [1.29, 1.82) is 5.26 Å². The summed E-state index contributed by atoms with van der Waals surface area (Å²) in [7, 11) is 0. The van der Waals surface area contributed by atoms with Gasteiger partial charge in [0.15, 0.2) is 0 Å². The first-order chi connectivity index (χ1) is 14.1. The van der Waals surface area contributed by atoms with E-state index in [4.69, 9.17) is 0 Å². The minimum absolute atomic E-state index is 0.295. The van der Waals surface area contributed by atoms with E-state index in [1.807, 2.05) is 17.0 Å². The van der Waals surface area contributed by atoms with Gasteiger partial charge in [-0.25, -0.2) is 9.37 Å². The maximum atomic E-state index is 13.1. The largest absolute Gasteiger partial charge is 0.369 e. The molecule has 0 bridgehead atoms. The summed E-state index contributed by atoms with van der Waals surface area (Å²) >= 11 is 0. The molecule has 0 amide bonds. The minimum atomic E-state index is -0.295.